The number of carbonyl (C=O) groups excluding carboxylic acids is 4. The number of hydrogen-bond acceptors (Lipinski definition) is 6. The van der Waals surface area contributed by atoms with Gasteiger partial charge in [0.15, 0.2) is 5.78 Å². The maximum Gasteiger partial charge on any atom is 0.345 e. The predicted octanol–water partition coefficient (Wildman–Crippen LogP) is 0.501. The standard InChI is InChI=1S/C19H31F2N3O6/c1-10(2)7-12(15(26)19(4)9-30-19)24-17(28)13(8-11(3)16(22)27)23-14(25)5-6-29-18(20)21/h10-13,18H,5-9H2,1-4H3,(H2,22,27)(H,23,25)(H,24,28)/t11-,12-,13-,19+/m0/s1. The lowest BCUT2D eigenvalue weighted by Gasteiger charge is -2.26. The molecule has 3 amide bonds. The van der Waals surface area contributed by atoms with Gasteiger partial charge in [-0.05, 0) is 25.7 Å². The number of hydrogen-bond donors (Lipinski definition) is 3. The molecule has 0 aromatic heterocycles. The van der Waals surface area contributed by atoms with E-state index in [0.29, 0.717) is 6.42 Å². The number of carbonyl (C=O) groups is 4. The molecule has 11 heteroatoms. The summed E-state index contributed by atoms with van der Waals surface area (Å²) < 4.78 is 33.3. The molecule has 0 spiro atoms. The monoisotopic (exact) mass is 435 g/mol. The minimum atomic E-state index is -3.01. The van der Waals surface area contributed by atoms with Gasteiger partial charge in [0.05, 0.1) is 25.7 Å². The van der Waals surface area contributed by atoms with Crippen molar-refractivity contribution in [2.24, 2.45) is 17.6 Å². The van der Waals surface area contributed by atoms with Gasteiger partial charge in [-0.3, -0.25) is 19.2 Å². The highest BCUT2D eigenvalue weighted by atomic mass is 19.3. The summed E-state index contributed by atoms with van der Waals surface area (Å²) in [4.78, 5) is 49.0. The third-order valence-corrected chi connectivity index (χ3v) is 4.74. The minimum Gasteiger partial charge on any atom is -0.369 e. The van der Waals surface area contributed by atoms with Crippen LogP contribution in [0.2, 0.25) is 0 Å². The third kappa shape index (κ3) is 8.70. The van der Waals surface area contributed by atoms with Gasteiger partial charge in [0.25, 0.3) is 0 Å². The molecule has 9 nitrogen and oxygen atoms in total. The van der Waals surface area contributed by atoms with E-state index in [1.165, 1.54) is 6.92 Å². The fraction of sp³-hybridized carbons (Fsp3) is 0.789. The van der Waals surface area contributed by atoms with Crippen LogP contribution in [0.4, 0.5) is 8.78 Å². The molecule has 1 heterocycles. The number of alkyl halides is 2. The molecule has 0 unspecified atom stereocenters. The molecule has 0 aromatic rings. The van der Waals surface area contributed by atoms with Gasteiger partial charge >= 0.3 is 6.61 Å². The summed E-state index contributed by atoms with van der Waals surface area (Å²) in [7, 11) is 0. The summed E-state index contributed by atoms with van der Waals surface area (Å²) >= 11 is 0. The molecule has 0 saturated carbocycles. The van der Waals surface area contributed by atoms with Crippen LogP contribution in [0.1, 0.15) is 47.0 Å². The lowest BCUT2D eigenvalue weighted by molar-refractivity contribution is -0.141. The Hall–Kier alpha value is -2.14. The summed E-state index contributed by atoms with van der Waals surface area (Å²) in [5.41, 5.74) is 4.31. The molecule has 1 aliphatic rings. The number of ether oxygens (including phenoxy) is 2. The molecule has 1 saturated heterocycles. The quantitative estimate of drug-likeness (QED) is 0.340. The maximum absolute atomic E-state index is 12.8. The number of epoxide rings is 1. The first-order valence-corrected chi connectivity index (χ1v) is 9.82. The Kier molecular flexibility index (Phi) is 9.76. The molecule has 0 aromatic carbocycles. The summed E-state index contributed by atoms with van der Waals surface area (Å²) in [6.45, 7) is 3.61. The van der Waals surface area contributed by atoms with Crippen LogP contribution in [0.3, 0.4) is 0 Å². The van der Waals surface area contributed by atoms with Crippen molar-refractivity contribution in [3.05, 3.63) is 0 Å². The maximum atomic E-state index is 12.8. The van der Waals surface area contributed by atoms with E-state index in [-0.39, 0.29) is 24.7 Å². The topological polar surface area (TPSA) is 140 Å². The highest BCUT2D eigenvalue weighted by molar-refractivity contribution is 5.98. The second kappa shape index (κ2) is 11.3. The van der Waals surface area contributed by atoms with Gasteiger partial charge in [0.2, 0.25) is 17.7 Å². The number of halogens is 2. The first-order valence-electron chi connectivity index (χ1n) is 9.82. The highest BCUT2D eigenvalue weighted by Gasteiger charge is 2.50. The highest BCUT2D eigenvalue weighted by Crippen LogP contribution is 2.29. The van der Waals surface area contributed by atoms with Crippen molar-refractivity contribution < 1.29 is 37.4 Å². The Morgan fingerprint density at radius 1 is 1.10 bits per heavy atom. The summed E-state index contributed by atoms with van der Waals surface area (Å²) in [6, 6.07) is -2.02. The Morgan fingerprint density at radius 2 is 1.70 bits per heavy atom. The Morgan fingerprint density at radius 3 is 2.17 bits per heavy atom. The van der Waals surface area contributed by atoms with E-state index < -0.39 is 61.0 Å². The van der Waals surface area contributed by atoms with E-state index in [1.807, 2.05) is 13.8 Å². The van der Waals surface area contributed by atoms with Crippen LogP contribution in [-0.2, 0) is 28.7 Å². The second-order valence-electron chi connectivity index (χ2n) is 8.12. The van der Waals surface area contributed by atoms with Gasteiger partial charge in [-0.25, -0.2) is 0 Å². The smallest absolute Gasteiger partial charge is 0.345 e. The Labute approximate surface area is 174 Å². The van der Waals surface area contributed by atoms with Crippen LogP contribution in [0.25, 0.3) is 0 Å². The van der Waals surface area contributed by atoms with Crippen LogP contribution >= 0.6 is 0 Å². The van der Waals surface area contributed by atoms with Crippen LogP contribution in [-0.4, -0.2) is 61.0 Å². The minimum absolute atomic E-state index is 0.0886. The molecule has 0 aliphatic carbocycles. The number of primary amides is 1. The molecule has 0 radical (unpaired) electrons. The molecular weight excluding hydrogens is 404 g/mol. The number of rotatable bonds is 14. The summed E-state index contributed by atoms with van der Waals surface area (Å²) in [5.74, 6) is -2.99. The average Bonchev–Trinajstić information content (AvgIpc) is 3.37. The number of amides is 3. The molecule has 1 rings (SSSR count). The van der Waals surface area contributed by atoms with Crippen LogP contribution in [0.15, 0.2) is 0 Å². The van der Waals surface area contributed by atoms with Gasteiger partial charge in [-0.15, -0.1) is 0 Å². The summed E-state index contributed by atoms with van der Waals surface area (Å²) in [6.07, 6.45) is -0.157. The zero-order valence-electron chi connectivity index (χ0n) is 17.7. The lowest BCUT2D eigenvalue weighted by Crippen LogP contribution is -2.54. The lowest BCUT2D eigenvalue weighted by atomic mass is 9.92. The average molecular weight is 435 g/mol. The molecule has 0 bridgehead atoms. The molecule has 1 aliphatic heterocycles. The van der Waals surface area contributed by atoms with Crippen molar-refractivity contribution in [2.75, 3.05) is 13.2 Å². The van der Waals surface area contributed by atoms with Gasteiger partial charge in [-0.1, -0.05) is 20.8 Å². The van der Waals surface area contributed by atoms with Crippen molar-refractivity contribution in [1.29, 1.82) is 0 Å². The van der Waals surface area contributed by atoms with E-state index in [4.69, 9.17) is 10.5 Å². The fourth-order valence-electron chi connectivity index (χ4n) is 2.80. The molecule has 172 valence electrons. The van der Waals surface area contributed by atoms with Crippen molar-refractivity contribution in [3.8, 4) is 0 Å². The molecular formula is C19H31F2N3O6. The fourth-order valence-corrected chi connectivity index (χ4v) is 2.80. The predicted molar refractivity (Wildman–Crippen MR) is 102 cm³/mol. The van der Waals surface area contributed by atoms with E-state index in [0.717, 1.165) is 0 Å². The molecule has 1 fully saturated rings. The normalized spacial score (nSPS) is 21.1. The molecule has 4 atom stereocenters. The van der Waals surface area contributed by atoms with Crippen LogP contribution in [0.5, 0.6) is 0 Å². The Balaban J connectivity index is 2.85. The zero-order valence-corrected chi connectivity index (χ0v) is 17.7. The van der Waals surface area contributed by atoms with Crippen molar-refractivity contribution in [3.63, 3.8) is 0 Å². The van der Waals surface area contributed by atoms with Gasteiger partial charge in [0, 0.05) is 5.92 Å². The number of ketones is 1. The van der Waals surface area contributed by atoms with E-state index in [9.17, 15) is 28.0 Å². The largest absolute Gasteiger partial charge is 0.369 e. The third-order valence-electron chi connectivity index (χ3n) is 4.74. The number of nitrogens with two attached hydrogens (primary N) is 1. The zero-order chi connectivity index (χ0) is 23.1. The Bertz CT molecular complexity index is 640. The molecule has 4 N–H and O–H groups in total. The SMILES string of the molecule is CC(C)C[C@H](NC(=O)[C@H](C[C@H](C)C(N)=O)NC(=O)CCOC(F)F)C(=O)[C@@]1(C)CO1. The summed E-state index contributed by atoms with van der Waals surface area (Å²) in [5, 5.41) is 5.03. The van der Waals surface area contributed by atoms with Crippen LogP contribution in [0, 0.1) is 11.8 Å². The van der Waals surface area contributed by atoms with Crippen molar-refractivity contribution >= 4 is 23.5 Å². The first-order chi connectivity index (χ1) is 13.9. The van der Waals surface area contributed by atoms with Crippen LogP contribution < -0.4 is 16.4 Å². The van der Waals surface area contributed by atoms with E-state index in [1.54, 1.807) is 6.92 Å². The van der Waals surface area contributed by atoms with Gasteiger partial charge in [0.1, 0.15) is 11.6 Å². The number of Topliss-reactive ketones (excluding diaryl/α,β-unsaturated/α-hetero) is 1. The first kappa shape index (κ1) is 25.9. The van der Waals surface area contributed by atoms with E-state index in [2.05, 4.69) is 15.4 Å². The van der Waals surface area contributed by atoms with Gasteiger partial charge in [-0.2, -0.15) is 8.78 Å². The van der Waals surface area contributed by atoms with E-state index >= 15 is 0 Å². The second-order valence-corrected chi connectivity index (χ2v) is 8.12. The van der Waals surface area contributed by atoms with Crippen molar-refractivity contribution in [1.82, 2.24) is 10.6 Å². The molecule has 30 heavy (non-hydrogen) atoms. The number of nitrogens with one attached hydrogen (secondary N) is 2. The van der Waals surface area contributed by atoms with Gasteiger partial charge < -0.3 is 25.8 Å². The van der Waals surface area contributed by atoms with Crippen molar-refractivity contribution in [2.45, 2.75) is 71.3 Å².